The summed E-state index contributed by atoms with van der Waals surface area (Å²) in [5.74, 6) is 0.145. The molecular weight excluding hydrogens is 358 g/mol. The van der Waals surface area contributed by atoms with Gasteiger partial charge in [0, 0.05) is 29.1 Å². The Morgan fingerprint density at radius 2 is 1.74 bits per heavy atom. The van der Waals surface area contributed by atoms with Crippen molar-refractivity contribution in [1.82, 2.24) is 9.40 Å². The second-order valence-electron chi connectivity index (χ2n) is 6.89. The van der Waals surface area contributed by atoms with Crippen molar-refractivity contribution < 1.29 is 8.42 Å². The van der Waals surface area contributed by atoms with Crippen LogP contribution in [0.1, 0.15) is 23.7 Å². The number of benzene rings is 2. The largest absolute Gasteiger partial charge is 0.320 e. The molecule has 1 N–H and O–H groups in total. The normalized spacial score (nSPS) is 17.9. The van der Waals surface area contributed by atoms with Crippen LogP contribution in [0.25, 0.3) is 5.69 Å². The molecule has 0 saturated heterocycles. The lowest BCUT2D eigenvalue weighted by Crippen LogP contribution is -2.21. The van der Waals surface area contributed by atoms with Crippen LogP contribution < -0.4 is 4.83 Å². The minimum atomic E-state index is -3.68. The van der Waals surface area contributed by atoms with Gasteiger partial charge in [0.1, 0.15) is 0 Å². The molecule has 1 aliphatic rings. The molecule has 0 bridgehead atoms. The maximum absolute atomic E-state index is 12.5. The molecule has 1 unspecified atom stereocenters. The lowest BCUT2D eigenvalue weighted by Gasteiger charge is -2.08. The molecule has 0 saturated carbocycles. The molecule has 1 heterocycles. The molecule has 27 heavy (non-hydrogen) atoms. The van der Waals surface area contributed by atoms with E-state index in [1.165, 1.54) is 0 Å². The van der Waals surface area contributed by atoms with E-state index in [4.69, 9.17) is 0 Å². The van der Waals surface area contributed by atoms with E-state index in [1.807, 2.05) is 37.4 Å². The zero-order valence-corrected chi connectivity index (χ0v) is 16.1. The highest BCUT2D eigenvalue weighted by Gasteiger charge is 2.29. The molecule has 0 fully saturated rings. The predicted octanol–water partition coefficient (Wildman–Crippen LogP) is 3.66. The van der Waals surface area contributed by atoms with Gasteiger partial charge in [0.05, 0.1) is 10.6 Å². The smallest absolute Gasteiger partial charge is 0.276 e. The molecule has 138 valence electrons. The number of hydrazone groups is 1. The summed E-state index contributed by atoms with van der Waals surface area (Å²) >= 11 is 0. The summed E-state index contributed by atoms with van der Waals surface area (Å²) in [7, 11) is -3.68. The highest BCUT2D eigenvalue weighted by Crippen LogP contribution is 2.30. The van der Waals surface area contributed by atoms with Gasteiger partial charge in [-0.3, -0.25) is 0 Å². The molecular formula is C21H21N3O2S. The Hall–Kier alpha value is -2.86. The van der Waals surface area contributed by atoms with E-state index in [9.17, 15) is 8.42 Å². The zero-order valence-electron chi connectivity index (χ0n) is 15.3. The van der Waals surface area contributed by atoms with E-state index in [1.54, 1.807) is 24.3 Å². The minimum absolute atomic E-state index is 0.145. The van der Waals surface area contributed by atoms with Gasteiger partial charge in [-0.2, -0.15) is 18.4 Å². The fourth-order valence-corrected chi connectivity index (χ4v) is 4.26. The van der Waals surface area contributed by atoms with E-state index < -0.39 is 10.0 Å². The fraction of sp³-hybridized carbons (Fsp3) is 0.190. The average Bonchev–Trinajstić information content (AvgIpc) is 3.19. The molecule has 0 aliphatic heterocycles. The third kappa shape index (κ3) is 3.28. The molecule has 0 amide bonds. The van der Waals surface area contributed by atoms with Crippen LogP contribution in [0.3, 0.4) is 0 Å². The van der Waals surface area contributed by atoms with Crippen LogP contribution in [0.5, 0.6) is 0 Å². The van der Waals surface area contributed by atoms with Gasteiger partial charge in [0.2, 0.25) is 0 Å². The highest BCUT2D eigenvalue weighted by atomic mass is 32.2. The molecule has 5 nitrogen and oxygen atoms in total. The van der Waals surface area contributed by atoms with Gasteiger partial charge in [-0.25, -0.2) is 0 Å². The molecule has 1 atom stereocenters. The van der Waals surface area contributed by atoms with Crippen molar-refractivity contribution in [2.45, 2.75) is 25.2 Å². The lowest BCUT2D eigenvalue weighted by molar-refractivity contribution is 0.584. The fourth-order valence-electron chi connectivity index (χ4n) is 3.44. The Balaban J connectivity index is 1.64. The first-order valence-corrected chi connectivity index (χ1v) is 10.4. The molecule has 1 aromatic heterocycles. The zero-order chi connectivity index (χ0) is 19.0. The average molecular weight is 379 g/mol. The van der Waals surface area contributed by atoms with E-state index in [2.05, 4.69) is 33.6 Å². The van der Waals surface area contributed by atoms with Crippen molar-refractivity contribution in [2.24, 2.45) is 11.0 Å². The van der Waals surface area contributed by atoms with Crippen LogP contribution >= 0.6 is 0 Å². The second-order valence-corrected chi connectivity index (χ2v) is 8.55. The van der Waals surface area contributed by atoms with Crippen LogP contribution in [0.2, 0.25) is 0 Å². The van der Waals surface area contributed by atoms with E-state index in [0.29, 0.717) is 0 Å². The van der Waals surface area contributed by atoms with Crippen LogP contribution in [0, 0.1) is 12.8 Å². The van der Waals surface area contributed by atoms with Crippen LogP contribution in [0.4, 0.5) is 0 Å². The van der Waals surface area contributed by atoms with Gasteiger partial charge in [-0.05, 0) is 43.7 Å². The first-order valence-electron chi connectivity index (χ1n) is 8.88. The number of hydrogen-bond donors (Lipinski definition) is 1. The standard InChI is InChI=1S/C21H21N3O2S/c1-15-8-10-18(11-9-15)27(25,26)23-22-21-16(2)14-20-19(21)12-13-24(20)17-6-4-3-5-7-17/h3-13,16,23H,14H2,1-2H3. The topological polar surface area (TPSA) is 63.5 Å². The number of sulfonamides is 1. The van der Waals surface area contributed by atoms with E-state index >= 15 is 0 Å². The number of fused-ring (bicyclic) bond motifs is 1. The molecule has 3 aromatic rings. The van der Waals surface area contributed by atoms with E-state index in [-0.39, 0.29) is 10.8 Å². The second kappa shape index (κ2) is 6.70. The minimum Gasteiger partial charge on any atom is -0.320 e. The Kier molecular flexibility index (Phi) is 4.36. The van der Waals surface area contributed by atoms with Crippen molar-refractivity contribution >= 4 is 15.7 Å². The summed E-state index contributed by atoms with van der Waals surface area (Å²) in [4.78, 5) is 2.62. The Morgan fingerprint density at radius 3 is 2.44 bits per heavy atom. The number of aromatic nitrogens is 1. The Morgan fingerprint density at radius 1 is 1.04 bits per heavy atom. The van der Waals surface area contributed by atoms with Gasteiger partial charge in [0.15, 0.2) is 0 Å². The Labute approximate surface area is 159 Å². The van der Waals surface area contributed by atoms with Crippen molar-refractivity contribution in [3.8, 4) is 5.69 Å². The van der Waals surface area contributed by atoms with Crippen LogP contribution in [-0.4, -0.2) is 18.7 Å². The number of aryl methyl sites for hydroxylation is 1. The summed E-state index contributed by atoms with van der Waals surface area (Å²) < 4.78 is 27.2. The van der Waals surface area contributed by atoms with Gasteiger partial charge in [0.25, 0.3) is 10.0 Å². The van der Waals surface area contributed by atoms with E-state index in [0.717, 1.165) is 34.6 Å². The third-order valence-corrected chi connectivity index (χ3v) is 6.11. The molecule has 6 heteroatoms. The maximum Gasteiger partial charge on any atom is 0.276 e. The monoisotopic (exact) mass is 379 g/mol. The highest BCUT2D eigenvalue weighted by molar-refractivity contribution is 7.89. The quantitative estimate of drug-likeness (QED) is 0.703. The third-order valence-electron chi connectivity index (χ3n) is 4.89. The van der Waals surface area contributed by atoms with Crippen molar-refractivity contribution in [2.75, 3.05) is 0 Å². The number of hydrogen-bond acceptors (Lipinski definition) is 3. The maximum atomic E-state index is 12.5. The molecule has 2 aromatic carbocycles. The molecule has 4 rings (SSSR count). The number of rotatable bonds is 4. The van der Waals surface area contributed by atoms with Gasteiger partial charge in [-0.15, -0.1) is 0 Å². The SMILES string of the molecule is Cc1ccc(S(=O)(=O)NN=C2c3ccn(-c4ccccc4)c3CC2C)cc1. The van der Waals surface area contributed by atoms with Gasteiger partial charge >= 0.3 is 0 Å². The lowest BCUT2D eigenvalue weighted by atomic mass is 10.1. The molecule has 1 aliphatic carbocycles. The summed E-state index contributed by atoms with van der Waals surface area (Å²) in [5, 5.41) is 4.29. The van der Waals surface area contributed by atoms with Crippen LogP contribution in [0.15, 0.2) is 76.9 Å². The first-order chi connectivity index (χ1) is 13.0. The van der Waals surface area contributed by atoms with Gasteiger partial charge in [-0.1, -0.05) is 42.8 Å². The Bertz CT molecular complexity index is 1100. The first kappa shape index (κ1) is 17.5. The number of nitrogens with one attached hydrogen (secondary N) is 1. The number of nitrogens with zero attached hydrogens (tertiary/aromatic N) is 2. The summed E-state index contributed by atoms with van der Waals surface area (Å²) in [6, 6.07) is 18.8. The number of para-hydroxylation sites is 1. The summed E-state index contributed by atoms with van der Waals surface area (Å²) in [6.07, 6.45) is 2.83. The van der Waals surface area contributed by atoms with Crippen molar-refractivity contribution in [3.05, 3.63) is 83.7 Å². The van der Waals surface area contributed by atoms with Crippen molar-refractivity contribution in [3.63, 3.8) is 0 Å². The molecule has 0 radical (unpaired) electrons. The van der Waals surface area contributed by atoms with Gasteiger partial charge < -0.3 is 4.57 Å². The van der Waals surface area contributed by atoms with Crippen LogP contribution in [-0.2, 0) is 16.4 Å². The predicted molar refractivity (Wildman–Crippen MR) is 107 cm³/mol. The molecule has 0 spiro atoms. The summed E-state index contributed by atoms with van der Waals surface area (Å²) in [5.41, 5.74) is 5.03. The van der Waals surface area contributed by atoms with Crippen molar-refractivity contribution in [1.29, 1.82) is 0 Å². The summed E-state index contributed by atoms with van der Waals surface area (Å²) in [6.45, 7) is 3.98.